The summed E-state index contributed by atoms with van der Waals surface area (Å²) in [5.41, 5.74) is 1.58. The number of rotatable bonds is 8. The van der Waals surface area contributed by atoms with Crippen molar-refractivity contribution in [1.82, 2.24) is 15.1 Å². The first-order chi connectivity index (χ1) is 9.56. The van der Waals surface area contributed by atoms with E-state index in [1.165, 1.54) is 12.8 Å². The lowest BCUT2D eigenvalue weighted by molar-refractivity contribution is -0.386. The van der Waals surface area contributed by atoms with Crippen molar-refractivity contribution in [2.24, 2.45) is 5.92 Å². The molecule has 1 aromatic heterocycles. The van der Waals surface area contributed by atoms with Crippen LogP contribution in [0.5, 0.6) is 0 Å². The molecule has 1 aliphatic carbocycles. The minimum Gasteiger partial charge on any atom is -0.314 e. The van der Waals surface area contributed by atoms with Gasteiger partial charge in [-0.05, 0) is 38.1 Å². The molecule has 20 heavy (non-hydrogen) atoms. The van der Waals surface area contributed by atoms with Gasteiger partial charge in [0.1, 0.15) is 11.4 Å². The Hall–Kier alpha value is -1.43. The maximum Gasteiger partial charge on any atom is 0.313 e. The van der Waals surface area contributed by atoms with E-state index in [1.807, 2.05) is 18.5 Å². The van der Waals surface area contributed by atoms with Gasteiger partial charge in [0, 0.05) is 12.6 Å². The molecule has 1 N–H and O–H groups in total. The maximum atomic E-state index is 11.2. The molecule has 0 amide bonds. The third-order valence-electron chi connectivity index (χ3n) is 3.77. The van der Waals surface area contributed by atoms with E-state index in [4.69, 9.17) is 0 Å². The molecule has 1 aliphatic rings. The number of nitrogens with zero attached hydrogens (tertiary/aromatic N) is 3. The first kappa shape index (κ1) is 15.0. The molecule has 0 radical (unpaired) electrons. The summed E-state index contributed by atoms with van der Waals surface area (Å²) in [5, 5.41) is 19.2. The van der Waals surface area contributed by atoms with Crippen molar-refractivity contribution in [3.05, 3.63) is 21.5 Å². The summed E-state index contributed by atoms with van der Waals surface area (Å²) in [6, 6.07) is 0.696. The van der Waals surface area contributed by atoms with Gasteiger partial charge >= 0.3 is 5.69 Å². The predicted octanol–water partition coefficient (Wildman–Crippen LogP) is 2.30. The van der Waals surface area contributed by atoms with Gasteiger partial charge in [0.2, 0.25) is 0 Å². The Balaban J connectivity index is 2.10. The van der Waals surface area contributed by atoms with Gasteiger partial charge in [-0.25, -0.2) is 0 Å². The second kappa shape index (κ2) is 6.35. The van der Waals surface area contributed by atoms with Crippen LogP contribution in [0, 0.1) is 16.0 Å². The van der Waals surface area contributed by atoms with Crippen LogP contribution in [0.1, 0.15) is 45.0 Å². The molecule has 0 aliphatic heterocycles. The number of aromatic nitrogens is 2. The topological polar surface area (TPSA) is 73.0 Å². The second-order valence-corrected chi connectivity index (χ2v) is 5.68. The van der Waals surface area contributed by atoms with Crippen molar-refractivity contribution >= 4 is 5.69 Å². The molecule has 1 heterocycles. The average Bonchev–Trinajstić information content (AvgIpc) is 3.17. The van der Waals surface area contributed by atoms with Crippen molar-refractivity contribution in [2.45, 2.75) is 59.0 Å². The lowest BCUT2D eigenvalue weighted by Crippen LogP contribution is -2.26. The first-order valence-electron chi connectivity index (χ1n) is 7.53. The lowest BCUT2D eigenvalue weighted by Gasteiger charge is -2.13. The Bertz CT molecular complexity index is 480. The smallest absolute Gasteiger partial charge is 0.313 e. The highest BCUT2D eigenvalue weighted by Crippen LogP contribution is 2.25. The molecule has 6 heteroatoms. The van der Waals surface area contributed by atoms with Crippen molar-refractivity contribution in [1.29, 1.82) is 0 Å². The zero-order chi connectivity index (χ0) is 14.7. The van der Waals surface area contributed by atoms with Gasteiger partial charge in [-0.15, -0.1) is 0 Å². The molecule has 1 aromatic rings. The summed E-state index contributed by atoms with van der Waals surface area (Å²) >= 11 is 0. The summed E-state index contributed by atoms with van der Waals surface area (Å²) in [7, 11) is 0. The van der Waals surface area contributed by atoms with Crippen LogP contribution in [0.2, 0.25) is 0 Å². The molecule has 112 valence electrons. The molecular weight excluding hydrogens is 256 g/mol. The van der Waals surface area contributed by atoms with Crippen LogP contribution in [0.4, 0.5) is 5.69 Å². The number of nitro groups is 1. The Morgan fingerprint density at radius 1 is 1.45 bits per heavy atom. The summed E-state index contributed by atoms with van der Waals surface area (Å²) < 4.78 is 1.84. The molecule has 6 nitrogen and oxygen atoms in total. The van der Waals surface area contributed by atoms with Crippen LogP contribution in [0.15, 0.2) is 0 Å². The average molecular weight is 280 g/mol. The van der Waals surface area contributed by atoms with Gasteiger partial charge in [0.15, 0.2) is 0 Å². The van der Waals surface area contributed by atoms with Crippen LogP contribution in [0.25, 0.3) is 0 Å². The summed E-state index contributed by atoms with van der Waals surface area (Å²) in [5.74, 6) is 0.421. The van der Waals surface area contributed by atoms with Crippen LogP contribution >= 0.6 is 0 Å². The third-order valence-corrected chi connectivity index (χ3v) is 3.77. The van der Waals surface area contributed by atoms with E-state index in [2.05, 4.69) is 17.3 Å². The van der Waals surface area contributed by atoms with Crippen molar-refractivity contribution in [3.8, 4) is 0 Å². The molecule has 2 rings (SSSR count). The van der Waals surface area contributed by atoms with Crippen molar-refractivity contribution in [3.63, 3.8) is 0 Å². The van der Waals surface area contributed by atoms with E-state index in [0.29, 0.717) is 30.5 Å². The van der Waals surface area contributed by atoms with Crippen molar-refractivity contribution < 1.29 is 4.92 Å². The molecule has 1 fully saturated rings. The zero-order valence-electron chi connectivity index (χ0n) is 12.6. The van der Waals surface area contributed by atoms with Crippen LogP contribution < -0.4 is 5.32 Å². The van der Waals surface area contributed by atoms with Gasteiger partial charge in [-0.2, -0.15) is 5.10 Å². The first-order valence-corrected chi connectivity index (χ1v) is 7.53. The van der Waals surface area contributed by atoms with Gasteiger partial charge < -0.3 is 5.32 Å². The normalized spacial score (nSPS) is 16.4. The molecule has 0 spiro atoms. The Labute approximate surface area is 119 Å². The summed E-state index contributed by atoms with van der Waals surface area (Å²) in [6.45, 7) is 7.71. The summed E-state index contributed by atoms with van der Waals surface area (Å²) in [4.78, 5) is 10.9. The summed E-state index contributed by atoms with van der Waals surface area (Å²) in [6.07, 6.45) is 3.80. The Morgan fingerprint density at radius 3 is 2.65 bits per heavy atom. The van der Waals surface area contributed by atoms with Crippen LogP contribution in [-0.2, 0) is 19.4 Å². The molecule has 1 atom stereocenters. The lowest BCUT2D eigenvalue weighted by atomic mass is 10.1. The van der Waals surface area contributed by atoms with Crippen LogP contribution in [0.3, 0.4) is 0 Å². The van der Waals surface area contributed by atoms with E-state index < -0.39 is 0 Å². The van der Waals surface area contributed by atoms with E-state index in [0.717, 1.165) is 18.8 Å². The number of hydrogen-bond donors (Lipinski definition) is 1. The molecule has 0 aromatic carbocycles. The fraction of sp³-hybridized carbons (Fsp3) is 0.786. The van der Waals surface area contributed by atoms with Gasteiger partial charge in [-0.3, -0.25) is 14.8 Å². The minimum atomic E-state index is -0.283. The standard InChI is InChI=1S/C14H24N4O2/c1-4-12-14(18(19)20)13(5-2)17(16-12)9-10(3)8-15-11-6-7-11/h10-11,15H,4-9H2,1-3H3. The van der Waals surface area contributed by atoms with E-state index in [-0.39, 0.29) is 10.6 Å². The highest BCUT2D eigenvalue weighted by molar-refractivity contribution is 5.41. The second-order valence-electron chi connectivity index (χ2n) is 5.68. The molecule has 0 saturated heterocycles. The molecule has 1 saturated carbocycles. The molecular formula is C14H24N4O2. The van der Waals surface area contributed by atoms with E-state index >= 15 is 0 Å². The quantitative estimate of drug-likeness (QED) is 0.586. The third kappa shape index (κ3) is 3.36. The van der Waals surface area contributed by atoms with Gasteiger partial charge in [0.25, 0.3) is 0 Å². The fourth-order valence-corrected chi connectivity index (χ4v) is 2.51. The van der Waals surface area contributed by atoms with Gasteiger partial charge in [0.05, 0.1) is 4.92 Å². The minimum absolute atomic E-state index is 0.220. The SMILES string of the molecule is CCc1nn(CC(C)CNC2CC2)c(CC)c1[N+](=O)[O-]. The zero-order valence-corrected chi connectivity index (χ0v) is 12.6. The van der Waals surface area contributed by atoms with Crippen molar-refractivity contribution in [2.75, 3.05) is 6.54 Å². The fourth-order valence-electron chi connectivity index (χ4n) is 2.51. The largest absolute Gasteiger partial charge is 0.314 e. The molecule has 0 bridgehead atoms. The van der Waals surface area contributed by atoms with Crippen LogP contribution in [-0.4, -0.2) is 27.3 Å². The monoisotopic (exact) mass is 280 g/mol. The maximum absolute atomic E-state index is 11.2. The highest BCUT2D eigenvalue weighted by Gasteiger charge is 2.26. The van der Waals surface area contributed by atoms with Gasteiger partial charge in [-0.1, -0.05) is 20.8 Å². The highest BCUT2D eigenvalue weighted by atomic mass is 16.6. The Morgan fingerprint density at radius 2 is 2.15 bits per heavy atom. The van der Waals surface area contributed by atoms with E-state index in [1.54, 1.807) is 0 Å². The Kier molecular flexibility index (Phi) is 4.75. The van der Waals surface area contributed by atoms with E-state index in [9.17, 15) is 10.1 Å². The molecule has 1 unspecified atom stereocenters. The predicted molar refractivity (Wildman–Crippen MR) is 77.8 cm³/mol. The number of nitrogens with one attached hydrogen (secondary N) is 1. The number of hydrogen-bond acceptors (Lipinski definition) is 4. The number of aryl methyl sites for hydroxylation is 1.